The Bertz CT molecular complexity index is 673. The SMILES string of the molecule is COc1ccc2c(ccn3ncc(O)c23)c1. The Morgan fingerprint density at radius 3 is 3.00 bits per heavy atom. The van der Waals surface area contributed by atoms with E-state index in [4.69, 9.17) is 4.74 Å². The summed E-state index contributed by atoms with van der Waals surface area (Å²) in [6.45, 7) is 0. The van der Waals surface area contributed by atoms with E-state index in [9.17, 15) is 5.11 Å². The number of benzene rings is 1. The molecule has 0 unspecified atom stereocenters. The van der Waals surface area contributed by atoms with Crippen LogP contribution in [0.5, 0.6) is 11.5 Å². The summed E-state index contributed by atoms with van der Waals surface area (Å²) in [5.41, 5.74) is 0.722. The molecule has 1 N–H and O–H groups in total. The zero-order valence-corrected chi connectivity index (χ0v) is 8.71. The largest absolute Gasteiger partial charge is 0.504 e. The zero-order valence-electron chi connectivity index (χ0n) is 8.71. The highest BCUT2D eigenvalue weighted by atomic mass is 16.5. The third-order valence-corrected chi connectivity index (χ3v) is 2.69. The minimum absolute atomic E-state index is 0.191. The van der Waals surface area contributed by atoms with Crippen molar-refractivity contribution < 1.29 is 9.84 Å². The maximum Gasteiger partial charge on any atom is 0.162 e. The summed E-state index contributed by atoms with van der Waals surface area (Å²) in [5, 5.41) is 15.7. The molecule has 16 heavy (non-hydrogen) atoms. The fourth-order valence-electron chi connectivity index (χ4n) is 1.90. The highest BCUT2D eigenvalue weighted by Crippen LogP contribution is 2.29. The van der Waals surface area contributed by atoms with Gasteiger partial charge in [0.15, 0.2) is 5.75 Å². The Morgan fingerprint density at radius 2 is 2.19 bits per heavy atom. The molecule has 0 spiro atoms. The summed E-state index contributed by atoms with van der Waals surface area (Å²) in [6, 6.07) is 7.67. The number of methoxy groups -OCH3 is 1. The van der Waals surface area contributed by atoms with Gasteiger partial charge < -0.3 is 9.84 Å². The third kappa shape index (κ3) is 1.13. The molecule has 3 aromatic rings. The van der Waals surface area contributed by atoms with Crippen LogP contribution in [0.4, 0.5) is 0 Å². The normalized spacial score (nSPS) is 11.1. The summed E-state index contributed by atoms with van der Waals surface area (Å²) in [7, 11) is 1.63. The molecule has 2 heterocycles. The van der Waals surface area contributed by atoms with E-state index in [-0.39, 0.29) is 5.75 Å². The Hall–Kier alpha value is -2.23. The molecule has 0 saturated heterocycles. The van der Waals surface area contributed by atoms with Gasteiger partial charge in [-0.1, -0.05) is 0 Å². The van der Waals surface area contributed by atoms with E-state index < -0.39 is 0 Å². The first kappa shape index (κ1) is 9.03. The number of nitrogens with zero attached hydrogens (tertiary/aromatic N) is 2. The fraction of sp³-hybridized carbons (Fsp3) is 0.0833. The second-order valence-electron chi connectivity index (χ2n) is 3.59. The molecule has 0 saturated carbocycles. The van der Waals surface area contributed by atoms with Gasteiger partial charge in [0, 0.05) is 11.6 Å². The first-order chi connectivity index (χ1) is 7.79. The van der Waals surface area contributed by atoms with Gasteiger partial charge in [-0.15, -0.1) is 0 Å². The molecule has 2 aromatic heterocycles. The van der Waals surface area contributed by atoms with Crippen LogP contribution in [0, 0.1) is 0 Å². The van der Waals surface area contributed by atoms with E-state index in [2.05, 4.69) is 5.10 Å². The molecule has 0 amide bonds. The predicted octanol–water partition coefficient (Wildman–Crippen LogP) is 2.20. The Morgan fingerprint density at radius 1 is 1.31 bits per heavy atom. The molecule has 4 heteroatoms. The molecule has 0 bridgehead atoms. The van der Waals surface area contributed by atoms with Gasteiger partial charge >= 0.3 is 0 Å². The van der Waals surface area contributed by atoms with Gasteiger partial charge in [-0.05, 0) is 29.7 Å². The lowest BCUT2D eigenvalue weighted by Gasteiger charge is -2.04. The van der Waals surface area contributed by atoms with E-state index in [1.807, 2.05) is 30.5 Å². The molecule has 0 aliphatic heterocycles. The summed E-state index contributed by atoms with van der Waals surface area (Å²) in [5.74, 6) is 0.992. The third-order valence-electron chi connectivity index (χ3n) is 2.69. The van der Waals surface area contributed by atoms with Crippen molar-refractivity contribution in [3.05, 3.63) is 36.7 Å². The van der Waals surface area contributed by atoms with Gasteiger partial charge in [0.2, 0.25) is 0 Å². The van der Waals surface area contributed by atoms with Crippen LogP contribution in [0.15, 0.2) is 36.7 Å². The monoisotopic (exact) mass is 214 g/mol. The lowest BCUT2D eigenvalue weighted by Crippen LogP contribution is -1.88. The van der Waals surface area contributed by atoms with Crippen molar-refractivity contribution in [1.82, 2.24) is 9.61 Å². The zero-order chi connectivity index (χ0) is 11.1. The smallest absolute Gasteiger partial charge is 0.162 e. The quantitative estimate of drug-likeness (QED) is 0.675. The molecule has 0 aliphatic rings. The Kier molecular flexibility index (Phi) is 1.77. The number of hydrogen-bond acceptors (Lipinski definition) is 3. The standard InChI is InChI=1S/C12H10N2O2/c1-16-9-2-3-10-8(6-9)4-5-14-12(10)11(15)7-13-14/h2-7,15H,1H3. The van der Waals surface area contributed by atoms with Crippen molar-refractivity contribution in [3.63, 3.8) is 0 Å². The maximum atomic E-state index is 9.72. The molecular weight excluding hydrogens is 204 g/mol. The minimum atomic E-state index is 0.191. The van der Waals surface area contributed by atoms with Crippen LogP contribution in [-0.2, 0) is 0 Å². The van der Waals surface area contributed by atoms with Crippen LogP contribution in [0.1, 0.15) is 0 Å². The highest BCUT2D eigenvalue weighted by molar-refractivity contribution is 5.98. The summed E-state index contributed by atoms with van der Waals surface area (Å²) < 4.78 is 6.82. The average Bonchev–Trinajstić information content (AvgIpc) is 2.70. The van der Waals surface area contributed by atoms with Crippen molar-refractivity contribution in [1.29, 1.82) is 0 Å². The number of ether oxygens (including phenoxy) is 1. The van der Waals surface area contributed by atoms with Gasteiger partial charge in [-0.3, -0.25) is 0 Å². The van der Waals surface area contributed by atoms with Gasteiger partial charge in [-0.25, -0.2) is 4.52 Å². The van der Waals surface area contributed by atoms with Gasteiger partial charge in [0.1, 0.15) is 11.3 Å². The lowest BCUT2D eigenvalue weighted by atomic mass is 10.1. The molecule has 4 nitrogen and oxygen atoms in total. The van der Waals surface area contributed by atoms with E-state index >= 15 is 0 Å². The van der Waals surface area contributed by atoms with Crippen LogP contribution >= 0.6 is 0 Å². The van der Waals surface area contributed by atoms with Crippen LogP contribution in [0.2, 0.25) is 0 Å². The first-order valence-corrected chi connectivity index (χ1v) is 4.92. The number of hydrogen-bond donors (Lipinski definition) is 1. The van der Waals surface area contributed by atoms with E-state index in [1.165, 1.54) is 6.20 Å². The topological polar surface area (TPSA) is 46.8 Å². The number of fused-ring (bicyclic) bond motifs is 3. The van der Waals surface area contributed by atoms with Crippen LogP contribution in [0.3, 0.4) is 0 Å². The summed E-state index contributed by atoms with van der Waals surface area (Å²) in [4.78, 5) is 0. The second-order valence-corrected chi connectivity index (χ2v) is 3.59. The van der Waals surface area contributed by atoms with Crippen molar-refractivity contribution in [3.8, 4) is 11.5 Å². The average molecular weight is 214 g/mol. The molecular formula is C12H10N2O2. The van der Waals surface area contributed by atoms with Gasteiger partial charge in [-0.2, -0.15) is 5.10 Å². The second kappa shape index (κ2) is 3.13. The number of pyridine rings is 1. The van der Waals surface area contributed by atoms with Gasteiger partial charge in [0.25, 0.3) is 0 Å². The minimum Gasteiger partial charge on any atom is -0.504 e. The molecule has 0 aliphatic carbocycles. The first-order valence-electron chi connectivity index (χ1n) is 4.92. The molecule has 80 valence electrons. The van der Waals surface area contributed by atoms with Crippen molar-refractivity contribution >= 4 is 16.3 Å². The number of rotatable bonds is 1. The molecule has 1 aromatic carbocycles. The van der Waals surface area contributed by atoms with Crippen LogP contribution < -0.4 is 4.74 Å². The molecule has 0 radical (unpaired) electrons. The van der Waals surface area contributed by atoms with Crippen LogP contribution in [0.25, 0.3) is 16.3 Å². The lowest BCUT2D eigenvalue weighted by molar-refractivity contribution is 0.415. The Labute approximate surface area is 91.7 Å². The van der Waals surface area contributed by atoms with E-state index in [1.54, 1.807) is 11.6 Å². The van der Waals surface area contributed by atoms with E-state index in [0.717, 1.165) is 22.0 Å². The Balaban J connectivity index is 2.46. The summed E-state index contributed by atoms with van der Waals surface area (Å²) >= 11 is 0. The fourth-order valence-corrected chi connectivity index (χ4v) is 1.90. The van der Waals surface area contributed by atoms with Crippen molar-refractivity contribution in [2.45, 2.75) is 0 Å². The molecule has 0 atom stereocenters. The van der Waals surface area contributed by atoms with Crippen LogP contribution in [-0.4, -0.2) is 21.8 Å². The predicted molar refractivity (Wildman–Crippen MR) is 60.9 cm³/mol. The molecule has 3 rings (SSSR count). The summed E-state index contributed by atoms with van der Waals surface area (Å²) in [6.07, 6.45) is 3.26. The maximum absolute atomic E-state index is 9.72. The number of aromatic nitrogens is 2. The van der Waals surface area contributed by atoms with Gasteiger partial charge in [0.05, 0.1) is 13.3 Å². The van der Waals surface area contributed by atoms with Crippen molar-refractivity contribution in [2.75, 3.05) is 7.11 Å². The van der Waals surface area contributed by atoms with E-state index in [0.29, 0.717) is 0 Å². The number of aromatic hydroxyl groups is 1. The molecule has 0 fully saturated rings. The highest BCUT2D eigenvalue weighted by Gasteiger charge is 2.07. The van der Waals surface area contributed by atoms with Crippen molar-refractivity contribution in [2.24, 2.45) is 0 Å².